The zero-order valence-electron chi connectivity index (χ0n) is 11.2. The van der Waals surface area contributed by atoms with E-state index in [1.807, 2.05) is 42.5 Å². The maximum absolute atomic E-state index is 11.9. The third-order valence-electron chi connectivity index (χ3n) is 3.54. The molecule has 0 unspecified atom stereocenters. The molecule has 108 valence electrons. The van der Waals surface area contributed by atoms with E-state index >= 15 is 0 Å². The molecule has 0 saturated carbocycles. The molecule has 1 aliphatic heterocycles. The van der Waals surface area contributed by atoms with Gasteiger partial charge in [0.25, 0.3) is 0 Å². The van der Waals surface area contributed by atoms with Crippen LogP contribution in [0.25, 0.3) is 0 Å². The van der Waals surface area contributed by atoms with Crippen LogP contribution in [0.3, 0.4) is 0 Å². The molecule has 0 aliphatic carbocycles. The second kappa shape index (κ2) is 5.81. The number of cyclic esters (lactones) is 1. The van der Waals surface area contributed by atoms with Gasteiger partial charge >= 0.3 is 5.97 Å². The smallest absolute Gasteiger partial charge is 0.318 e. The molecule has 21 heavy (non-hydrogen) atoms. The summed E-state index contributed by atoms with van der Waals surface area (Å²) in [4.78, 5) is 11.9. The average Bonchev–Trinajstić information content (AvgIpc) is 2.48. The summed E-state index contributed by atoms with van der Waals surface area (Å²) in [6.45, 7) is 0. The highest BCUT2D eigenvalue weighted by Crippen LogP contribution is 2.46. The van der Waals surface area contributed by atoms with Crippen molar-refractivity contribution in [3.05, 3.63) is 62.5 Å². The summed E-state index contributed by atoms with van der Waals surface area (Å²) in [6.07, 6.45) is -0.256. The molecular weight excluding hydrogens is 400 g/mol. The van der Waals surface area contributed by atoms with Gasteiger partial charge in [-0.1, -0.05) is 44.0 Å². The molecule has 0 radical (unpaired) electrons. The van der Waals surface area contributed by atoms with Gasteiger partial charge < -0.3 is 9.47 Å². The van der Waals surface area contributed by atoms with Gasteiger partial charge in [0.2, 0.25) is 0 Å². The van der Waals surface area contributed by atoms with Gasteiger partial charge in [-0.15, -0.1) is 0 Å². The SMILES string of the molecule is COc1ccc(Br)c([C@H]2C(=O)O[C@H]2c2ccc(Br)cc2)c1. The van der Waals surface area contributed by atoms with Crippen LogP contribution in [-0.2, 0) is 9.53 Å². The molecule has 3 rings (SSSR count). The molecule has 2 aromatic carbocycles. The van der Waals surface area contributed by atoms with E-state index in [2.05, 4.69) is 31.9 Å². The molecule has 1 saturated heterocycles. The van der Waals surface area contributed by atoms with Crippen LogP contribution in [0.5, 0.6) is 5.75 Å². The Balaban J connectivity index is 1.96. The largest absolute Gasteiger partial charge is 0.497 e. The van der Waals surface area contributed by atoms with Gasteiger partial charge in [-0.2, -0.15) is 0 Å². The van der Waals surface area contributed by atoms with Crippen LogP contribution >= 0.6 is 31.9 Å². The number of benzene rings is 2. The molecule has 3 nitrogen and oxygen atoms in total. The van der Waals surface area contributed by atoms with Crippen molar-refractivity contribution in [2.45, 2.75) is 12.0 Å². The van der Waals surface area contributed by atoms with E-state index in [1.54, 1.807) is 7.11 Å². The van der Waals surface area contributed by atoms with E-state index in [1.165, 1.54) is 0 Å². The standard InChI is InChI=1S/C16H12Br2O3/c1-20-11-6-7-13(18)12(8-11)14-15(21-16(14)19)9-2-4-10(17)5-3-9/h2-8,14-15H,1H3/t14-,15+/m1/s1. The van der Waals surface area contributed by atoms with E-state index < -0.39 is 0 Å². The molecule has 0 bridgehead atoms. The summed E-state index contributed by atoms with van der Waals surface area (Å²) >= 11 is 6.91. The van der Waals surface area contributed by atoms with E-state index in [-0.39, 0.29) is 18.0 Å². The second-order valence-electron chi connectivity index (χ2n) is 4.77. The van der Waals surface area contributed by atoms with E-state index in [0.717, 1.165) is 25.8 Å². The number of esters is 1. The highest BCUT2D eigenvalue weighted by atomic mass is 79.9. The van der Waals surface area contributed by atoms with E-state index in [0.29, 0.717) is 0 Å². The van der Waals surface area contributed by atoms with Crippen LogP contribution in [0.15, 0.2) is 51.4 Å². The lowest BCUT2D eigenvalue weighted by molar-refractivity contribution is -0.176. The molecule has 1 aliphatic rings. The van der Waals surface area contributed by atoms with Crippen molar-refractivity contribution in [1.82, 2.24) is 0 Å². The van der Waals surface area contributed by atoms with Crippen LogP contribution in [0, 0.1) is 0 Å². The molecular formula is C16H12Br2O3. The number of carbonyl (C=O) groups is 1. The number of carbonyl (C=O) groups excluding carboxylic acids is 1. The third-order valence-corrected chi connectivity index (χ3v) is 4.79. The Bertz CT molecular complexity index is 682. The van der Waals surface area contributed by atoms with Crippen molar-refractivity contribution < 1.29 is 14.3 Å². The maximum Gasteiger partial charge on any atom is 0.318 e. The summed E-state index contributed by atoms with van der Waals surface area (Å²) in [5.74, 6) is 0.204. The van der Waals surface area contributed by atoms with Gasteiger partial charge in [-0.25, -0.2) is 0 Å². The number of rotatable bonds is 3. The molecule has 0 aromatic heterocycles. The van der Waals surface area contributed by atoms with Crippen LogP contribution in [0.4, 0.5) is 0 Å². The normalized spacial score (nSPS) is 20.6. The number of hydrogen-bond acceptors (Lipinski definition) is 3. The minimum absolute atomic E-state index is 0.211. The van der Waals surface area contributed by atoms with Crippen molar-refractivity contribution in [2.24, 2.45) is 0 Å². The second-order valence-corrected chi connectivity index (χ2v) is 6.54. The molecule has 0 amide bonds. The zero-order chi connectivity index (χ0) is 15.0. The topological polar surface area (TPSA) is 35.5 Å². The molecule has 1 heterocycles. The number of ether oxygens (including phenoxy) is 2. The first-order valence-corrected chi connectivity index (χ1v) is 7.98. The van der Waals surface area contributed by atoms with Crippen LogP contribution < -0.4 is 4.74 Å². The predicted molar refractivity (Wildman–Crippen MR) is 86.4 cm³/mol. The number of halogens is 2. The Hall–Kier alpha value is -1.33. The minimum Gasteiger partial charge on any atom is -0.497 e. The van der Waals surface area contributed by atoms with Crippen molar-refractivity contribution >= 4 is 37.8 Å². The first kappa shape index (κ1) is 14.6. The number of hydrogen-bond donors (Lipinski definition) is 0. The predicted octanol–water partition coefficient (Wildman–Crippen LogP) is 4.60. The monoisotopic (exact) mass is 410 g/mol. The van der Waals surface area contributed by atoms with Crippen molar-refractivity contribution in [3.8, 4) is 5.75 Å². The van der Waals surface area contributed by atoms with Crippen molar-refractivity contribution in [3.63, 3.8) is 0 Å². The maximum atomic E-state index is 11.9. The lowest BCUT2D eigenvalue weighted by atomic mass is 9.85. The summed E-state index contributed by atoms with van der Waals surface area (Å²) in [5, 5.41) is 0. The summed E-state index contributed by atoms with van der Waals surface area (Å²) in [5.41, 5.74) is 1.87. The first-order chi connectivity index (χ1) is 10.1. The fraction of sp³-hybridized carbons (Fsp3) is 0.188. The fourth-order valence-corrected chi connectivity index (χ4v) is 3.17. The van der Waals surface area contributed by atoms with Crippen LogP contribution in [-0.4, -0.2) is 13.1 Å². The molecule has 1 fully saturated rings. The third kappa shape index (κ3) is 2.72. The molecule has 2 aromatic rings. The zero-order valence-corrected chi connectivity index (χ0v) is 14.3. The van der Waals surface area contributed by atoms with Crippen LogP contribution in [0.2, 0.25) is 0 Å². The fourth-order valence-electron chi connectivity index (χ4n) is 2.41. The van der Waals surface area contributed by atoms with Gasteiger partial charge in [0.15, 0.2) is 0 Å². The Labute approximate surface area is 139 Å². The lowest BCUT2D eigenvalue weighted by Crippen LogP contribution is -2.36. The first-order valence-electron chi connectivity index (χ1n) is 6.39. The molecule has 5 heteroatoms. The van der Waals surface area contributed by atoms with Crippen molar-refractivity contribution in [2.75, 3.05) is 7.11 Å². The quantitative estimate of drug-likeness (QED) is 0.692. The highest BCUT2D eigenvalue weighted by Gasteiger charge is 2.45. The van der Waals surface area contributed by atoms with E-state index in [9.17, 15) is 4.79 Å². The Morgan fingerprint density at radius 1 is 1.10 bits per heavy atom. The molecule has 0 N–H and O–H groups in total. The van der Waals surface area contributed by atoms with Gasteiger partial charge in [-0.3, -0.25) is 4.79 Å². The van der Waals surface area contributed by atoms with Gasteiger partial charge in [0.05, 0.1) is 7.11 Å². The van der Waals surface area contributed by atoms with E-state index in [4.69, 9.17) is 9.47 Å². The Morgan fingerprint density at radius 3 is 2.43 bits per heavy atom. The summed E-state index contributed by atoms with van der Waals surface area (Å²) < 4.78 is 12.5. The van der Waals surface area contributed by atoms with Crippen molar-refractivity contribution in [1.29, 1.82) is 0 Å². The summed E-state index contributed by atoms with van der Waals surface area (Å²) in [6, 6.07) is 13.4. The Morgan fingerprint density at radius 2 is 1.81 bits per heavy atom. The molecule has 0 spiro atoms. The van der Waals surface area contributed by atoms with Gasteiger partial charge in [0, 0.05) is 8.95 Å². The van der Waals surface area contributed by atoms with Crippen LogP contribution in [0.1, 0.15) is 23.1 Å². The highest BCUT2D eigenvalue weighted by molar-refractivity contribution is 9.10. The molecule has 2 atom stereocenters. The summed E-state index contributed by atoms with van der Waals surface area (Å²) in [7, 11) is 1.61. The minimum atomic E-state index is -0.310. The Kier molecular flexibility index (Phi) is 4.04. The van der Waals surface area contributed by atoms with Gasteiger partial charge in [0.1, 0.15) is 17.8 Å². The average molecular weight is 412 g/mol. The number of methoxy groups -OCH3 is 1. The lowest BCUT2D eigenvalue weighted by Gasteiger charge is -2.36. The van der Waals surface area contributed by atoms with Gasteiger partial charge in [-0.05, 0) is 41.5 Å².